The summed E-state index contributed by atoms with van der Waals surface area (Å²) in [4.78, 5) is 24.4. The van der Waals surface area contributed by atoms with Crippen LogP contribution < -0.4 is 5.32 Å². The Hall–Kier alpha value is -0.780. The summed E-state index contributed by atoms with van der Waals surface area (Å²) >= 11 is 0. The average Bonchev–Trinajstić information content (AvgIpc) is 2.36. The highest BCUT2D eigenvalue weighted by atomic mass is 16.5. The molecule has 118 valence electrons. The second-order valence-electron chi connectivity index (χ2n) is 5.71. The number of ether oxygens (including phenoxy) is 2. The van der Waals surface area contributed by atoms with Crippen LogP contribution in [0, 0.1) is 11.8 Å². The molecule has 0 amide bonds. The molecule has 2 atom stereocenters. The van der Waals surface area contributed by atoms with Crippen molar-refractivity contribution in [1.82, 2.24) is 5.32 Å². The van der Waals surface area contributed by atoms with Gasteiger partial charge in [0.1, 0.15) is 5.78 Å². The van der Waals surface area contributed by atoms with Crippen molar-refractivity contribution in [2.45, 2.75) is 46.2 Å². The molecule has 0 rings (SSSR count). The lowest BCUT2D eigenvalue weighted by molar-refractivity contribution is -0.133. The zero-order chi connectivity index (χ0) is 15.7. The summed E-state index contributed by atoms with van der Waals surface area (Å²) in [6.45, 7) is 8.23. The van der Waals surface area contributed by atoms with Crippen molar-refractivity contribution < 1.29 is 19.1 Å². The highest BCUT2D eigenvalue weighted by Crippen LogP contribution is 2.14. The molecule has 0 aliphatic carbocycles. The maximum absolute atomic E-state index is 12.3. The molecule has 0 aromatic carbocycles. The fraction of sp³-hybridized carbons (Fsp3) is 0.867. The molecule has 0 aliphatic heterocycles. The minimum atomic E-state index is -0.376. The maximum atomic E-state index is 12.3. The fourth-order valence-electron chi connectivity index (χ4n) is 2.10. The van der Waals surface area contributed by atoms with E-state index in [0.29, 0.717) is 6.61 Å². The summed E-state index contributed by atoms with van der Waals surface area (Å²) in [6.07, 6.45) is 0.193. The Bertz CT molecular complexity index is 302. The smallest absolute Gasteiger partial charge is 0.152 e. The van der Waals surface area contributed by atoms with E-state index in [4.69, 9.17) is 9.47 Å². The van der Waals surface area contributed by atoms with E-state index in [2.05, 4.69) is 5.32 Å². The fourth-order valence-corrected chi connectivity index (χ4v) is 2.10. The van der Waals surface area contributed by atoms with Gasteiger partial charge in [0.2, 0.25) is 0 Å². The second kappa shape index (κ2) is 10.0. The van der Waals surface area contributed by atoms with Crippen LogP contribution in [0.25, 0.3) is 0 Å². The Morgan fingerprint density at radius 3 is 1.95 bits per heavy atom. The lowest BCUT2D eigenvalue weighted by Crippen LogP contribution is -2.45. The van der Waals surface area contributed by atoms with Gasteiger partial charge in [0.25, 0.3) is 0 Å². The third-order valence-corrected chi connectivity index (χ3v) is 3.04. The first-order valence-corrected chi connectivity index (χ1v) is 7.13. The van der Waals surface area contributed by atoms with E-state index >= 15 is 0 Å². The van der Waals surface area contributed by atoms with Gasteiger partial charge in [-0.2, -0.15) is 0 Å². The molecule has 0 radical (unpaired) electrons. The van der Waals surface area contributed by atoms with Crippen molar-refractivity contribution in [2.75, 3.05) is 27.4 Å². The number of ketones is 2. The monoisotopic (exact) mass is 287 g/mol. The Morgan fingerprint density at radius 1 is 1.00 bits per heavy atom. The van der Waals surface area contributed by atoms with Crippen molar-refractivity contribution in [3.63, 3.8) is 0 Å². The predicted molar refractivity (Wildman–Crippen MR) is 78.8 cm³/mol. The minimum absolute atomic E-state index is 0.00315. The standard InChI is InChI=1S/C15H29NO4/c1-10(2)15(18)12(8-19-5)7-14(17)13(9-20-6)16-11(3)4/h10-13,16H,7-9H2,1-6H3/t12-,13-/m0/s1. The summed E-state index contributed by atoms with van der Waals surface area (Å²) in [5.41, 5.74) is 0. The van der Waals surface area contributed by atoms with Gasteiger partial charge < -0.3 is 14.8 Å². The third-order valence-electron chi connectivity index (χ3n) is 3.04. The number of carbonyl (C=O) groups is 2. The normalized spacial score (nSPS) is 14.6. The van der Waals surface area contributed by atoms with Gasteiger partial charge in [0, 0.05) is 38.5 Å². The molecule has 1 N–H and O–H groups in total. The molecule has 5 heteroatoms. The number of nitrogens with one attached hydrogen (secondary N) is 1. The van der Waals surface area contributed by atoms with E-state index in [0.717, 1.165) is 0 Å². The van der Waals surface area contributed by atoms with Crippen molar-refractivity contribution in [1.29, 1.82) is 0 Å². The molecule has 0 heterocycles. The van der Waals surface area contributed by atoms with E-state index in [1.807, 2.05) is 27.7 Å². The quantitative estimate of drug-likeness (QED) is 0.623. The molecule has 0 fully saturated rings. The van der Waals surface area contributed by atoms with E-state index < -0.39 is 0 Å². The number of methoxy groups -OCH3 is 2. The molecule has 0 aromatic heterocycles. The summed E-state index contributed by atoms with van der Waals surface area (Å²) in [7, 11) is 3.11. The van der Waals surface area contributed by atoms with E-state index in [-0.39, 0.29) is 48.5 Å². The molecule has 0 spiro atoms. The Kier molecular flexibility index (Phi) is 9.63. The first kappa shape index (κ1) is 19.2. The lowest BCUT2D eigenvalue weighted by Gasteiger charge is -2.22. The predicted octanol–water partition coefficient (Wildman–Crippen LogP) is 1.45. The first-order chi connectivity index (χ1) is 9.33. The van der Waals surface area contributed by atoms with Gasteiger partial charge >= 0.3 is 0 Å². The topological polar surface area (TPSA) is 64.6 Å². The van der Waals surface area contributed by atoms with Crippen LogP contribution in [0.5, 0.6) is 0 Å². The molecule has 0 saturated heterocycles. The molecule has 0 aliphatic rings. The van der Waals surface area contributed by atoms with Gasteiger partial charge in [0.05, 0.1) is 19.3 Å². The van der Waals surface area contributed by atoms with Gasteiger partial charge in [-0.15, -0.1) is 0 Å². The summed E-state index contributed by atoms with van der Waals surface area (Å²) in [5.74, 6) is -0.403. The Labute approximate surface area is 122 Å². The number of hydrogen-bond donors (Lipinski definition) is 1. The van der Waals surface area contributed by atoms with Crippen LogP contribution in [0.3, 0.4) is 0 Å². The van der Waals surface area contributed by atoms with Crippen LogP contribution in [0.1, 0.15) is 34.1 Å². The second-order valence-corrected chi connectivity index (χ2v) is 5.71. The molecule has 5 nitrogen and oxygen atoms in total. The molecular formula is C15H29NO4. The first-order valence-electron chi connectivity index (χ1n) is 7.13. The van der Waals surface area contributed by atoms with Crippen LogP contribution in [0.4, 0.5) is 0 Å². The Balaban J connectivity index is 4.73. The van der Waals surface area contributed by atoms with Gasteiger partial charge in [0.15, 0.2) is 5.78 Å². The van der Waals surface area contributed by atoms with Crippen molar-refractivity contribution >= 4 is 11.6 Å². The van der Waals surface area contributed by atoms with Crippen molar-refractivity contribution in [3.8, 4) is 0 Å². The SMILES string of the molecule is COC[C@H](CC(=O)[C@H](COC)NC(C)C)C(=O)C(C)C. The van der Waals surface area contributed by atoms with Crippen LogP contribution in [0.15, 0.2) is 0 Å². The number of rotatable bonds is 11. The Morgan fingerprint density at radius 2 is 1.55 bits per heavy atom. The van der Waals surface area contributed by atoms with Crippen LogP contribution in [-0.4, -0.2) is 51.1 Å². The van der Waals surface area contributed by atoms with Crippen molar-refractivity contribution in [2.24, 2.45) is 11.8 Å². The lowest BCUT2D eigenvalue weighted by atomic mass is 9.90. The van der Waals surface area contributed by atoms with E-state index in [1.54, 1.807) is 14.2 Å². The number of hydrogen-bond acceptors (Lipinski definition) is 5. The minimum Gasteiger partial charge on any atom is -0.384 e. The summed E-state index contributed by atoms with van der Waals surface area (Å²) in [6, 6.07) is -0.194. The highest BCUT2D eigenvalue weighted by Gasteiger charge is 2.28. The third kappa shape index (κ3) is 7.12. The van der Waals surface area contributed by atoms with Gasteiger partial charge in [-0.25, -0.2) is 0 Å². The molecular weight excluding hydrogens is 258 g/mol. The zero-order valence-electron chi connectivity index (χ0n) is 13.6. The summed E-state index contributed by atoms with van der Waals surface area (Å²) in [5, 5.41) is 3.17. The van der Waals surface area contributed by atoms with E-state index in [9.17, 15) is 9.59 Å². The molecule has 20 heavy (non-hydrogen) atoms. The van der Waals surface area contributed by atoms with Gasteiger partial charge in [-0.3, -0.25) is 9.59 Å². The molecule has 0 aromatic rings. The zero-order valence-corrected chi connectivity index (χ0v) is 13.6. The van der Waals surface area contributed by atoms with Crippen LogP contribution in [0.2, 0.25) is 0 Å². The van der Waals surface area contributed by atoms with Gasteiger partial charge in [-0.1, -0.05) is 27.7 Å². The van der Waals surface area contributed by atoms with Crippen LogP contribution >= 0.6 is 0 Å². The van der Waals surface area contributed by atoms with Crippen LogP contribution in [-0.2, 0) is 19.1 Å². The number of carbonyl (C=O) groups excluding carboxylic acids is 2. The maximum Gasteiger partial charge on any atom is 0.152 e. The van der Waals surface area contributed by atoms with E-state index in [1.165, 1.54) is 0 Å². The summed E-state index contributed by atoms with van der Waals surface area (Å²) < 4.78 is 10.1. The molecule has 0 saturated carbocycles. The largest absolute Gasteiger partial charge is 0.384 e. The van der Waals surface area contributed by atoms with Gasteiger partial charge in [-0.05, 0) is 0 Å². The molecule has 0 bridgehead atoms. The van der Waals surface area contributed by atoms with Crippen molar-refractivity contribution in [3.05, 3.63) is 0 Å². The molecule has 0 unspecified atom stereocenters. The average molecular weight is 287 g/mol. The number of Topliss-reactive ketones (excluding diaryl/α,β-unsaturated/α-hetero) is 2. The highest BCUT2D eigenvalue weighted by molar-refractivity contribution is 5.91.